The van der Waals surface area contributed by atoms with Crippen LogP contribution in [0.3, 0.4) is 0 Å². The summed E-state index contributed by atoms with van der Waals surface area (Å²) < 4.78 is 0. The second-order valence-corrected chi connectivity index (χ2v) is 4.35. The second-order valence-electron chi connectivity index (χ2n) is 4.35. The molecule has 2 atom stereocenters. The monoisotopic (exact) mass is 214 g/mol. The normalized spacial score (nSPS) is 26.2. The lowest BCUT2D eigenvalue weighted by atomic mass is 10.0. The van der Waals surface area contributed by atoms with Gasteiger partial charge in [0.2, 0.25) is 0 Å². The van der Waals surface area contributed by atoms with Crippen LogP contribution in [0.4, 0.5) is 0 Å². The van der Waals surface area contributed by atoms with Crippen molar-refractivity contribution >= 4 is 0 Å². The van der Waals surface area contributed by atoms with Crippen molar-refractivity contribution in [3.63, 3.8) is 0 Å². The molecule has 1 N–H and O–H groups in total. The van der Waals surface area contributed by atoms with E-state index in [9.17, 15) is 0 Å². The Bertz CT molecular complexity index is 366. The minimum Gasteiger partial charge on any atom is -0.307 e. The Morgan fingerprint density at radius 2 is 2.19 bits per heavy atom. The Morgan fingerprint density at radius 3 is 2.88 bits per heavy atom. The van der Waals surface area contributed by atoms with Gasteiger partial charge in [-0.05, 0) is 12.5 Å². The van der Waals surface area contributed by atoms with E-state index in [2.05, 4.69) is 47.3 Å². The van der Waals surface area contributed by atoms with Crippen LogP contribution < -0.4 is 5.32 Å². The van der Waals surface area contributed by atoms with Crippen LogP contribution in [0.5, 0.6) is 0 Å². The zero-order valence-electron chi connectivity index (χ0n) is 9.69. The molecule has 0 bridgehead atoms. The third-order valence-electron chi connectivity index (χ3n) is 3.20. The van der Waals surface area contributed by atoms with Gasteiger partial charge in [0.25, 0.3) is 0 Å². The molecule has 1 fully saturated rings. The van der Waals surface area contributed by atoms with Crippen LogP contribution in [0, 0.1) is 12.3 Å². The van der Waals surface area contributed by atoms with Crippen LogP contribution in [-0.4, -0.2) is 30.6 Å². The molecule has 1 heterocycles. The van der Waals surface area contributed by atoms with E-state index in [0.717, 1.165) is 19.6 Å². The zero-order valence-corrected chi connectivity index (χ0v) is 9.69. The molecule has 1 aliphatic rings. The summed E-state index contributed by atoms with van der Waals surface area (Å²) in [6.07, 6.45) is 5.39. The van der Waals surface area contributed by atoms with Crippen LogP contribution in [-0.2, 0) is 0 Å². The summed E-state index contributed by atoms with van der Waals surface area (Å²) >= 11 is 0. The molecule has 0 spiro atoms. The summed E-state index contributed by atoms with van der Waals surface area (Å²) in [5, 5.41) is 3.56. The number of nitrogens with zero attached hydrogens (tertiary/aromatic N) is 1. The van der Waals surface area contributed by atoms with Gasteiger partial charge in [-0.25, -0.2) is 0 Å². The van der Waals surface area contributed by atoms with Gasteiger partial charge in [0, 0.05) is 25.2 Å². The van der Waals surface area contributed by atoms with E-state index in [1.54, 1.807) is 0 Å². The highest BCUT2D eigenvalue weighted by Gasteiger charge is 2.24. The fourth-order valence-electron chi connectivity index (χ4n) is 2.17. The number of rotatable bonds is 2. The van der Waals surface area contributed by atoms with Gasteiger partial charge in [-0.3, -0.25) is 4.90 Å². The molecule has 84 valence electrons. The SMILES string of the molecule is C#CCN1CC(c2ccccc2)NCC1C. The van der Waals surface area contributed by atoms with E-state index in [-0.39, 0.29) is 0 Å². The Labute approximate surface area is 97.7 Å². The van der Waals surface area contributed by atoms with Crippen LogP contribution in [0.15, 0.2) is 30.3 Å². The van der Waals surface area contributed by atoms with Gasteiger partial charge in [0.05, 0.1) is 6.54 Å². The third-order valence-corrected chi connectivity index (χ3v) is 3.20. The zero-order chi connectivity index (χ0) is 11.4. The Hall–Kier alpha value is -1.30. The predicted octanol–water partition coefficient (Wildman–Crippen LogP) is 1.65. The molecule has 0 radical (unpaired) electrons. The van der Waals surface area contributed by atoms with Gasteiger partial charge >= 0.3 is 0 Å². The van der Waals surface area contributed by atoms with Gasteiger partial charge in [0.1, 0.15) is 0 Å². The maximum Gasteiger partial charge on any atom is 0.0602 e. The molecule has 2 heteroatoms. The minimum atomic E-state index is 0.408. The molecule has 1 aromatic rings. The Balaban J connectivity index is 2.06. The number of piperazine rings is 1. The summed E-state index contributed by atoms with van der Waals surface area (Å²) in [7, 11) is 0. The highest BCUT2D eigenvalue weighted by atomic mass is 15.2. The van der Waals surface area contributed by atoms with Crippen LogP contribution in [0.2, 0.25) is 0 Å². The Kier molecular flexibility index (Phi) is 3.61. The summed E-state index contributed by atoms with van der Waals surface area (Å²) in [6.45, 7) is 4.95. The van der Waals surface area contributed by atoms with Crippen molar-refractivity contribution in [2.75, 3.05) is 19.6 Å². The fourth-order valence-corrected chi connectivity index (χ4v) is 2.17. The smallest absolute Gasteiger partial charge is 0.0602 e. The molecule has 2 rings (SSSR count). The van der Waals surface area contributed by atoms with Crippen molar-refractivity contribution in [1.82, 2.24) is 10.2 Å². The fraction of sp³-hybridized carbons (Fsp3) is 0.429. The van der Waals surface area contributed by atoms with E-state index in [0.29, 0.717) is 12.1 Å². The largest absolute Gasteiger partial charge is 0.307 e. The summed E-state index contributed by atoms with van der Waals surface area (Å²) in [6, 6.07) is 11.5. The molecular weight excluding hydrogens is 196 g/mol. The predicted molar refractivity (Wildman–Crippen MR) is 67.1 cm³/mol. The van der Waals surface area contributed by atoms with Crippen LogP contribution >= 0.6 is 0 Å². The molecule has 16 heavy (non-hydrogen) atoms. The molecule has 2 nitrogen and oxygen atoms in total. The topological polar surface area (TPSA) is 15.3 Å². The molecule has 1 saturated heterocycles. The maximum atomic E-state index is 5.39. The first-order chi connectivity index (χ1) is 7.81. The first-order valence-electron chi connectivity index (χ1n) is 5.77. The lowest BCUT2D eigenvalue weighted by Gasteiger charge is -2.37. The quantitative estimate of drug-likeness (QED) is 0.753. The first kappa shape index (κ1) is 11.2. The molecule has 0 saturated carbocycles. The molecule has 2 unspecified atom stereocenters. The van der Waals surface area contributed by atoms with E-state index < -0.39 is 0 Å². The average Bonchev–Trinajstić information content (AvgIpc) is 2.33. The number of hydrogen-bond donors (Lipinski definition) is 1. The highest BCUT2D eigenvalue weighted by molar-refractivity contribution is 5.20. The van der Waals surface area contributed by atoms with Crippen LogP contribution in [0.1, 0.15) is 18.5 Å². The van der Waals surface area contributed by atoms with Gasteiger partial charge in [-0.2, -0.15) is 0 Å². The van der Waals surface area contributed by atoms with E-state index in [1.807, 2.05) is 6.07 Å². The molecular formula is C14H18N2. The summed E-state index contributed by atoms with van der Waals surface area (Å²) in [5.74, 6) is 2.74. The minimum absolute atomic E-state index is 0.408. The Morgan fingerprint density at radius 1 is 1.44 bits per heavy atom. The standard InChI is InChI=1S/C14H18N2/c1-3-9-16-11-14(15-10-12(16)2)13-7-5-4-6-8-13/h1,4-8,12,14-15H,9-11H2,2H3. The van der Waals surface area contributed by atoms with Crippen molar-refractivity contribution in [1.29, 1.82) is 0 Å². The molecule has 0 amide bonds. The average molecular weight is 214 g/mol. The van der Waals surface area contributed by atoms with Gasteiger partial charge < -0.3 is 5.32 Å². The lowest BCUT2D eigenvalue weighted by Crippen LogP contribution is -2.51. The van der Waals surface area contributed by atoms with Crippen molar-refractivity contribution in [2.24, 2.45) is 0 Å². The molecule has 0 aromatic heterocycles. The third kappa shape index (κ3) is 2.44. The van der Waals surface area contributed by atoms with Crippen molar-refractivity contribution in [2.45, 2.75) is 19.0 Å². The second kappa shape index (κ2) is 5.16. The summed E-state index contributed by atoms with van der Waals surface area (Å²) in [4.78, 5) is 2.36. The van der Waals surface area contributed by atoms with Gasteiger partial charge in [-0.1, -0.05) is 36.3 Å². The van der Waals surface area contributed by atoms with Gasteiger partial charge in [0.15, 0.2) is 0 Å². The van der Waals surface area contributed by atoms with Crippen molar-refractivity contribution in [3.05, 3.63) is 35.9 Å². The van der Waals surface area contributed by atoms with E-state index in [1.165, 1.54) is 5.56 Å². The number of benzene rings is 1. The van der Waals surface area contributed by atoms with E-state index in [4.69, 9.17) is 6.42 Å². The number of hydrogen-bond acceptors (Lipinski definition) is 2. The summed E-state index contributed by atoms with van der Waals surface area (Å²) in [5.41, 5.74) is 1.34. The first-order valence-corrected chi connectivity index (χ1v) is 5.77. The van der Waals surface area contributed by atoms with Gasteiger partial charge in [-0.15, -0.1) is 6.42 Å². The van der Waals surface area contributed by atoms with Crippen LogP contribution in [0.25, 0.3) is 0 Å². The lowest BCUT2D eigenvalue weighted by molar-refractivity contribution is 0.159. The van der Waals surface area contributed by atoms with Crippen molar-refractivity contribution in [3.8, 4) is 12.3 Å². The number of terminal acetylenes is 1. The van der Waals surface area contributed by atoms with Crippen molar-refractivity contribution < 1.29 is 0 Å². The molecule has 0 aliphatic carbocycles. The van der Waals surface area contributed by atoms with E-state index >= 15 is 0 Å². The molecule has 1 aromatic carbocycles. The maximum absolute atomic E-state index is 5.39. The molecule has 1 aliphatic heterocycles. The highest BCUT2D eigenvalue weighted by Crippen LogP contribution is 2.19. The number of nitrogens with one attached hydrogen (secondary N) is 1.